The van der Waals surface area contributed by atoms with Crippen molar-refractivity contribution in [2.24, 2.45) is 9.98 Å². The molecule has 0 amide bonds. The molecule has 0 aliphatic heterocycles. The van der Waals surface area contributed by atoms with Crippen LogP contribution in [-0.2, 0) is 0 Å². The third kappa shape index (κ3) is 3.45. The molecule has 0 heterocycles. The topological polar surface area (TPSA) is 24.7 Å². The maximum Gasteiger partial charge on any atom is 0.0901 e. The summed E-state index contributed by atoms with van der Waals surface area (Å²) >= 11 is 0. The SMILES string of the molecule is CC1(N=C=NC2CCCCC2)CCCCC1. The first-order chi connectivity index (χ1) is 7.79. The van der Waals surface area contributed by atoms with Crippen LogP contribution in [-0.4, -0.2) is 17.6 Å². The number of nitrogens with zero attached hydrogens (tertiary/aromatic N) is 2. The summed E-state index contributed by atoms with van der Waals surface area (Å²) in [6.07, 6.45) is 13.0. The van der Waals surface area contributed by atoms with E-state index in [1.54, 1.807) is 0 Å². The number of aliphatic imine (C=N–C) groups is 2. The van der Waals surface area contributed by atoms with E-state index in [-0.39, 0.29) is 5.54 Å². The Balaban J connectivity index is 1.88. The Hall–Kier alpha value is -0.620. The molecule has 0 aromatic heterocycles. The highest BCUT2D eigenvalue weighted by molar-refractivity contribution is 5.43. The normalized spacial score (nSPS) is 25.8. The van der Waals surface area contributed by atoms with E-state index in [2.05, 4.69) is 22.9 Å². The highest BCUT2D eigenvalue weighted by Gasteiger charge is 2.25. The van der Waals surface area contributed by atoms with E-state index in [0.717, 1.165) is 0 Å². The second-order valence-corrected chi connectivity index (χ2v) is 5.69. The van der Waals surface area contributed by atoms with E-state index >= 15 is 0 Å². The van der Waals surface area contributed by atoms with Crippen LogP contribution in [0.3, 0.4) is 0 Å². The first-order valence-corrected chi connectivity index (χ1v) is 6.95. The summed E-state index contributed by atoms with van der Waals surface area (Å²) in [6, 6.07) is 3.53. The molecule has 2 nitrogen and oxygen atoms in total. The van der Waals surface area contributed by atoms with Crippen LogP contribution in [0.2, 0.25) is 0 Å². The van der Waals surface area contributed by atoms with Crippen molar-refractivity contribution in [1.29, 1.82) is 0 Å². The van der Waals surface area contributed by atoms with E-state index in [9.17, 15) is 0 Å². The summed E-state index contributed by atoms with van der Waals surface area (Å²) in [7, 11) is 0. The number of hydrogen-bond acceptors (Lipinski definition) is 2. The van der Waals surface area contributed by atoms with Crippen molar-refractivity contribution in [3.05, 3.63) is 0 Å². The molecule has 0 unspecified atom stereocenters. The Kier molecular flexibility index (Phi) is 4.17. The molecule has 2 saturated carbocycles. The number of rotatable bonds is 2. The molecule has 2 aliphatic carbocycles. The van der Waals surface area contributed by atoms with Gasteiger partial charge < -0.3 is 0 Å². The van der Waals surface area contributed by atoms with Crippen LogP contribution in [0.4, 0.5) is 0 Å². The van der Waals surface area contributed by atoms with Gasteiger partial charge >= 0.3 is 0 Å². The summed E-state index contributed by atoms with van der Waals surface area (Å²) in [4.78, 5) is 9.10. The molecule has 0 N–H and O–H groups in total. The van der Waals surface area contributed by atoms with Crippen molar-refractivity contribution in [2.45, 2.75) is 82.7 Å². The maximum atomic E-state index is 4.59. The summed E-state index contributed by atoms with van der Waals surface area (Å²) < 4.78 is 0. The van der Waals surface area contributed by atoms with Gasteiger partial charge in [0, 0.05) is 0 Å². The largest absolute Gasteiger partial charge is 0.222 e. The van der Waals surface area contributed by atoms with Gasteiger partial charge in [-0.25, -0.2) is 9.98 Å². The van der Waals surface area contributed by atoms with Crippen LogP contribution in [0.5, 0.6) is 0 Å². The van der Waals surface area contributed by atoms with Crippen molar-refractivity contribution in [3.63, 3.8) is 0 Å². The fourth-order valence-corrected chi connectivity index (χ4v) is 2.87. The monoisotopic (exact) mass is 220 g/mol. The molecule has 90 valence electrons. The molecule has 2 heteroatoms. The van der Waals surface area contributed by atoms with E-state index in [4.69, 9.17) is 0 Å². The van der Waals surface area contributed by atoms with Gasteiger partial charge in [-0.05, 0) is 32.6 Å². The van der Waals surface area contributed by atoms with E-state index in [0.29, 0.717) is 6.04 Å². The standard InChI is InChI=1S/C14H24N2/c1-14(10-6-3-7-11-14)16-12-15-13-8-4-2-5-9-13/h13H,2-11H2,1H3. The molecular formula is C14H24N2. The zero-order chi connectivity index (χ0) is 11.3. The molecule has 0 atom stereocenters. The van der Waals surface area contributed by atoms with Crippen molar-refractivity contribution in [3.8, 4) is 0 Å². The Morgan fingerprint density at radius 3 is 2.25 bits per heavy atom. The Labute approximate surface area is 99.3 Å². The Morgan fingerprint density at radius 1 is 0.938 bits per heavy atom. The van der Waals surface area contributed by atoms with E-state index in [1.165, 1.54) is 64.2 Å². The minimum atomic E-state index is 0.149. The van der Waals surface area contributed by atoms with Crippen LogP contribution >= 0.6 is 0 Å². The molecule has 16 heavy (non-hydrogen) atoms. The molecule has 2 fully saturated rings. The summed E-state index contributed by atoms with van der Waals surface area (Å²) in [5.74, 6) is 0. The average molecular weight is 220 g/mol. The quantitative estimate of drug-likeness (QED) is 0.623. The molecule has 2 rings (SSSR count). The predicted octanol–water partition coefficient (Wildman–Crippen LogP) is 4.22. The molecular weight excluding hydrogens is 196 g/mol. The fraction of sp³-hybridized carbons (Fsp3) is 0.929. The van der Waals surface area contributed by atoms with Crippen molar-refractivity contribution in [2.75, 3.05) is 0 Å². The van der Waals surface area contributed by atoms with Gasteiger partial charge in [0.15, 0.2) is 0 Å². The molecule has 2 aliphatic rings. The summed E-state index contributed by atoms with van der Waals surface area (Å²) in [5.41, 5.74) is 0.149. The first-order valence-electron chi connectivity index (χ1n) is 6.95. The number of hydrogen-bond donors (Lipinski definition) is 0. The highest BCUT2D eigenvalue weighted by Crippen LogP contribution is 2.30. The lowest BCUT2D eigenvalue weighted by Gasteiger charge is -2.27. The first kappa shape index (κ1) is 11.9. The highest BCUT2D eigenvalue weighted by atomic mass is 14.9. The molecule has 0 radical (unpaired) electrons. The fourth-order valence-electron chi connectivity index (χ4n) is 2.87. The molecule has 0 spiro atoms. The van der Waals surface area contributed by atoms with Crippen LogP contribution in [0.25, 0.3) is 0 Å². The second kappa shape index (κ2) is 5.63. The predicted molar refractivity (Wildman–Crippen MR) is 68.2 cm³/mol. The van der Waals surface area contributed by atoms with Gasteiger partial charge in [0.1, 0.15) is 0 Å². The van der Waals surface area contributed by atoms with E-state index in [1.807, 2.05) is 0 Å². The Morgan fingerprint density at radius 2 is 1.56 bits per heavy atom. The molecule has 0 aromatic carbocycles. The third-order valence-corrected chi connectivity index (χ3v) is 4.07. The van der Waals surface area contributed by atoms with Gasteiger partial charge in [0.05, 0.1) is 17.6 Å². The van der Waals surface area contributed by atoms with E-state index < -0.39 is 0 Å². The average Bonchev–Trinajstić information content (AvgIpc) is 2.31. The molecule has 0 aromatic rings. The van der Waals surface area contributed by atoms with Crippen LogP contribution < -0.4 is 0 Å². The van der Waals surface area contributed by atoms with Crippen molar-refractivity contribution in [1.82, 2.24) is 0 Å². The Bertz CT molecular complexity index is 264. The molecule has 0 saturated heterocycles. The zero-order valence-electron chi connectivity index (χ0n) is 10.5. The van der Waals surface area contributed by atoms with Gasteiger partial charge in [-0.15, -0.1) is 0 Å². The van der Waals surface area contributed by atoms with Crippen LogP contribution in [0, 0.1) is 0 Å². The van der Waals surface area contributed by atoms with Crippen LogP contribution in [0.1, 0.15) is 71.1 Å². The summed E-state index contributed by atoms with van der Waals surface area (Å²) in [6.45, 7) is 2.26. The van der Waals surface area contributed by atoms with Crippen LogP contribution in [0.15, 0.2) is 9.98 Å². The second-order valence-electron chi connectivity index (χ2n) is 5.69. The van der Waals surface area contributed by atoms with Gasteiger partial charge in [-0.1, -0.05) is 38.5 Å². The maximum absolute atomic E-state index is 4.59. The van der Waals surface area contributed by atoms with Crippen molar-refractivity contribution < 1.29 is 0 Å². The van der Waals surface area contributed by atoms with Gasteiger partial charge in [0.2, 0.25) is 0 Å². The smallest absolute Gasteiger partial charge is 0.0901 e. The summed E-state index contributed by atoms with van der Waals surface area (Å²) in [5, 5.41) is 0. The lowest BCUT2D eigenvalue weighted by Crippen LogP contribution is -2.24. The third-order valence-electron chi connectivity index (χ3n) is 4.07. The van der Waals surface area contributed by atoms with Gasteiger partial charge in [0.25, 0.3) is 0 Å². The minimum absolute atomic E-state index is 0.149. The lowest BCUT2D eigenvalue weighted by atomic mass is 9.84. The lowest BCUT2D eigenvalue weighted by molar-refractivity contribution is 0.326. The van der Waals surface area contributed by atoms with Gasteiger partial charge in [-0.3, -0.25) is 0 Å². The van der Waals surface area contributed by atoms with Gasteiger partial charge in [-0.2, -0.15) is 0 Å². The molecule has 0 bridgehead atoms. The zero-order valence-corrected chi connectivity index (χ0v) is 10.5. The van der Waals surface area contributed by atoms with Crippen molar-refractivity contribution >= 4 is 6.01 Å². The minimum Gasteiger partial charge on any atom is -0.222 e.